The maximum Gasteiger partial charge on any atom is 0.336 e. The van der Waals surface area contributed by atoms with Crippen LogP contribution in [0.5, 0.6) is 0 Å². The first-order valence-electron chi connectivity index (χ1n) is 9.69. The fraction of sp³-hybridized carbons (Fsp3) is 0.333. The van der Waals surface area contributed by atoms with E-state index in [1.54, 1.807) is 36.6 Å². The van der Waals surface area contributed by atoms with Crippen LogP contribution in [0.15, 0.2) is 49.1 Å². The molecule has 0 amide bonds. The van der Waals surface area contributed by atoms with Gasteiger partial charge in [-0.3, -0.25) is 4.79 Å². The van der Waals surface area contributed by atoms with Gasteiger partial charge in [-0.1, -0.05) is 17.7 Å². The molecule has 1 unspecified atom stereocenters. The summed E-state index contributed by atoms with van der Waals surface area (Å²) < 4.78 is 37.8. The Morgan fingerprint density at radius 2 is 2.16 bits per heavy atom. The number of carbonyl (C=O) groups is 1. The van der Waals surface area contributed by atoms with Crippen molar-refractivity contribution < 1.29 is 22.4 Å². The average Bonchev–Trinajstić information content (AvgIpc) is 3.29. The highest BCUT2D eigenvalue weighted by molar-refractivity contribution is 7.91. The molecule has 0 aliphatic carbocycles. The molecule has 2 aromatic heterocycles. The molecule has 1 saturated heterocycles. The summed E-state index contributed by atoms with van der Waals surface area (Å²) in [5.74, 6) is -1.06. The predicted molar refractivity (Wildman–Crippen MR) is 118 cm³/mol. The Kier molecular flexibility index (Phi) is 6.20. The number of hydrogen-bond acceptors (Lipinski definition) is 7. The normalized spacial score (nSPS) is 17.7. The Hall–Kier alpha value is -2.20. The number of sulfonamides is 1. The number of rotatable bonds is 5. The molecule has 3 aromatic rings. The Morgan fingerprint density at radius 3 is 2.90 bits per heavy atom. The Balaban J connectivity index is 1.49. The molecule has 10 heteroatoms. The number of thiophene rings is 1. The first-order valence-corrected chi connectivity index (χ1v) is 12.4. The number of aryl methyl sites for hydroxylation is 1. The van der Waals surface area contributed by atoms with Crippen LogP contribution >= 0.6 is 22.9 Å². The van der Waals surface area contributed by atoms with Gasteiger partial charge in [0.05, 0.1) is 5.92 Å². The molecule has 1 fully saturated rings. The van der Waals surface area contributed by atoms with E-state index >= 15 is 0 Å². The molecule has 164 valence electrons. The van der Waals surface area contributed by atoms with E-state index in [1.165, 1.54) is 10.4 Å². The van der Waals surface area contributed by atoms with Crippen LogP contribution in [0.1, 0.15) is 24.0 Å². The number of ether oxygens (including phenoxy) is 1. The van der Waals surface area contributed by atoms with Crippen LogP contribution in [0.3, 0.4) is 0 Å². The van der Waals surface area contributed by atoms with Crippen LogP contribution in [-0.4, -0.2) is 31.8 Å². The number of nitrogens with zero attached hydrogens (tertiary/aromatic N) is 1. The zero-order chi connectivity index (χ0) is 22.2. The summed E-state index contributed by atoms with van der Waals surface area (Å²) in [6.07, 6.45) is 1.11. The molecule has 31 heavy (non-hydrogen) atoms. The number of benzene rings is 1. The molecule has 4 rings (SSSR count). The van der Waals surface area contributed by atoms with E-state index in [-0.39, 0.29) is 17.4 Å². The molecule has 0 bridgehead atoms. The average molecular weight is 482 g/mol. The summed E-state index contributed by atoms with van der Waals surface area (Å²) in [4.78, 5) is 24.6. The lowest BCUT2D eigenvalue weighted by Gasteiger charge is -2.30. The number of fused-ring (bicyclic) bond motifs is 1. The van der Waals surface area contributed by atoms with Gasteiger partial charge in [0, 0.05) is 35.1 Å². The third-order valence-electron chi connectivity index (χ3n) is 5.29. The van der Waals surface area contributed by atoms with E-state index in [0.29, 0.717) is 40.9 Å². The van der Waals surface area contributed by atoms with E-state index in [4.69, 9.17) is 20.8 Å². The second-order valence-corrected chi connectivity index (χ2v) is 10.9. The van der Waals surface area contributed by atoms with Crippen LogP contribution < -0.4 is 5.63 Å². The number of esters is 1. The van der Waals surface area contributed by atoms with Crippen LogP contribution in [-0.2, 0) is 26.2 Å². The molecule has 0 radical (unpaired) electrons. The molecule has 3 heterocycles. The Labute approximate surface area is 188 Å². The SMILES string of the molecule is Cc1cc2oc(=O)cc(COC(=O)C3CCCN(S(=O)(=O)c4cccs4)C3)c2cc1Cl. The van der Waals surface area contributed by atoms with Crippen molar-refractivity contribution >= 4 is 49.9 Å². The van der Waals surface area contributed by atoms with Crippen molar-refractivity contribution in [2.24, 2.45) is 5.92 Å². The van der Waals surface area contributed by atoms with Crippen LogP contribution in [0.25, 0.3) is 11.0 Å². The maximum absolute atomic E-state index is 12.8. The lowest BCUT2D eigenvalue weighted by Crippen LogP contribution is -2.42. The van der Waals surface area contributed by atoms with E-state index in [0.717, 1.165) is 16.9 Å². The third-order valence-corrected chi connectivity index (χ3v) is 8.93. The molecule has 1 atom stereocenters. The molecular weight excluding hydrogens is 462 g/mol. The summed E-state index contributed by atoms with van der Waals surface area (Å²) >= 11 is 7.35. The summed E-state index contributed by atoms with van der Waals surface area (Å²) in [6, 6.07) is 7.85. The highest BCUT2D eigenvalue weighted by atomic mass is 35.5. The summed E-state index contributed by atoms with van der Waals surface area (Å²) in [5, 5.41) is 2.81. The molecule has 1 aliphatic rings. The van der Waals surface area contributed by atoms with Gasteiger partial charge in [0.1, 0.15) is 16.4 Å². The molecule has 0 N–H and O–H groups in total. The van der Waals surface area contributed by atoms with Crippen LogP contribution in [0.4, 0.5) is 0 Å². The highest BCUT2D eigenvalue weighted by Crippen LogP contribution is 2.28. The lowest BCUT2D eigenvalue weighted by atomic mass is 10.00. The number of halogens is 1. The van der Waals surface area contributed by atoms with Gasteiger partial charge in [-0.25, -0.2) is 13.2 Å². The van der Waals surface area contributed by atoms with Crippen LogP contribution in [0, 0.1) is 12.8 Å². The van der Waals surface area contributed by atoms with Crippen molar-refractivity contribution in [1.82, 2.24) is 4.31 Å². The van der Waals surface area contributed by atoms with Crippen molar-refractivity contribution in [2.75, 3.05) is 13.1 Å². The minimum absolute atomic E-state index is 0.0712. The maximum atomic E-state index is 12.8. The molecule has 0 saturated carbocycles. The molecule has 1 aromatic carbocycles. The molecule has 7 nitrogen and oxygen atoms in total. The summed E-state index contributed by atoms with van der Waals surface area (Å²) in [7, 11) is -3.62. The molecular formula is C21H20ClNO6S2. The minimum atomic E-state index is -3.62. The second-order valence-electron chi connectivity index (χ2n) is 7.43. The van der Waals surface area contributed by atoms with Crippen molar-refractivity contribution in [3.8, 4) is 0 Å². The zero-order valence-corrected chi connectivity index (χ0v) is 19.1. The number of carbonyl (C=O) groups excluding carboxylic acids is 1. The minimum Gasteiger partial charge on any atom is -0.461 e. The van der Waals surface area contributed by atoms with Crippen LogP contribution in [0.2, 0.25) is 5.02 Å². The zero-order valence-electron chi connectivity index (χ0n) is 16.7. The standard InChI is InChI=1S/C21H20ClNO6S2/c1-13-8-18-16(10-17(13)22)15(9-19(24)29-18)12-28-21(25)14-4-2-6-23(11-14)31(26,27)20-5-3-7-30-20/h3,5,7-10,14H,2,4,6,11-12H2,1H3. The van der Waals surface area contributed by atoms with E-state index in [9.17, 15) is 18.0 Å². The van der Waals surface area contributed by atoms with Gasteiger partial charge in [0.25, 0.3) is 10.0 Å². The highest BCUT2D eigenvalue weighted by Gasteiger charge is 2.34. The first kappa shape index (κ1) is 22.0. The van der Waals surface area contributed by atoms with Gasteiger partial charge in [0.2, 0.25) is 0 Å². The van der Waals surface area contributed by atoms with Crippen molar-refractivity contribution in [3.05, 3.63) is 62.3 Å². The van der Waals surface area contributed by atoms with Crippen molar-refractivity contribution in [1.29, 1.82) is 0 Å². The van der Waals surface area contributed by atoms with Gasteiger partial charge in [-0.2, -0.15) is 4.31 Å². The summed E-state index contributed by atoms with van der Waals surface area (Å²) in [5.41, 5.74) is 1.07. The third kappa shape index (κ3) is 4.55. The Morgan fingerprint density at radius 1 is 1.35 bits per heavy atom. The first-order chi connectivity index (χ1) is 14.8. The van der Waals surface area contributed by atoms with Crippen molar-refractivity contribution in [2.45, 2.75) is 30.6 Å². The monoisotopic (exact) mass is 481 g/mol. The fourth-order valence-corrected chi connectivity index (χ4v) is 6.46. The second kappa shape index (κ2) is 8.74. The van der Waals surface area contributed by atoms with Gasteiger partial charge in [-0.15, -0.1) is 11.3 Å². The smallest absolute Gasteiger partial charge is 0.336 e. The molecule has 0 spiro atoms. The predicted octanol–water partition coefficient (Wildman–Crippen LogP) is 3.96. The Bertz CT molecular complexity index is 1280. The van der Waals surface area contributed by atoms with E-state index in [1.807, 2.05) is 0 Å². The van der Waals surface area contributed by atoms with Gasteiger partial charge in [-0.05, 0) is 48.9 Å². The summed E-state index contributed by atoms with van der Waals surface area (Å²) in [6.45, 7) is 2.11. The number of hydrogen-bond donors (Lipinski definition) is 0. The topological polar surface area (TPSA) is 93.9 Å². The van der Waals surface area contributed by atoms with Gasteiger partial charge < -0.3 is 9.15 Å². The fourth-order valence-electron chi connectivity index (χ4n) is 3.63. The van der Waals surface area contributed by atoms with E-state index < -0.39 is 27.5 Å². The van der Waals surface area contributed by atoms with Gasteiger partial charge in [0.15, 0.2) is 0 Å². The van der Waals surface area contributed by atoms with E-state index in [2.05, 4.69) is 0 Å². The molecule has 1 aliphatic heterocycles. The quantitative estimate of drug-likeness (QED) is 0.404. The lowest BCUT2D eigenvalue weighted by molar-refractivity contribution is -0.151. The number of piperidine rings is 1. The van der Waals surface area contributed by atoms with Gasteiger partial charge >= 0.3 is 11.6 Å². The largest absolute Gasteiger partial charge is 0.461 e. The van der Waals surface area contributed by atoms with Crippen molar-refractivity contribution in [3.63, 3.8) is 0 Å².